The Kier molecular flexibility index (Phi) is 1.63. The van der Waals surface area contributed by atoms with Gasteiger partial charge in [0, 0.05) is 11.9 Å². The molecule has 0 aliphatic rings. The molecular formula is C9H8N2O. The maximum atomic E-state index is 4.93. The molecule has 0 saturated heterocycles. The average molecular weight is 160 g/mol. The van der Waals surface area contributed by atoms with Crippen LogP contribution in [0.4, 0.5) is 0 Å². The lowest BCUT2D eigenvalue weighted by Gasteiger charge is -1.94. The molecule has 0 bridgehead atoms. The summed E-state index contributed by atoms with van der Waals surface area (Å²) in [7, 11) is 0. The van der Waals surface area contributed by atoms with Crippen molar-refractivity contribution >= 4 is 0 Å². The van der Waals surface area contributed by atoms with Gasteiger partial charge < -0.3 is 4.42 Å². The zero-order valence-electron chi connectivity index (χ0n) is 6.69. The van der Waals surface area contributed by atoms with Crippen LogP contribution in [-0.2, 0) is 0 Å². The molecule has 0 N–H and O–H groups in total. The SMILES string of the molecule is Cc1ccnc(-c2ccoc2)n1. The molecule has 3 heteroatoms. The molecule has 0 radical (unpaired) electrons. The third kappa shape index (κ3) is 1.21. The van der Waals surface area contributed by atoms with Crippen molar-refractivity contribution in [3.63, 3.8) is 0 Å². The van der Waals surface area contributed by atoms with E-state index < -0.39 is 0 Å². The fourth-order valence-electron chi connectivity index (χ4n) is 0.980. The highest BCUT2D eigenvalue weighted by atomic mass is 16.3. The Morgan fingerprint density at radius 3 is 2.92 bits per heavy atom. The van der Waals surface area contributed by atoms with Gasteiger partial charge in [0.25, 0.3) is 0 Å². The summed E-state index contributed by atoms with van der Waals surface area (Å²) in [6.45, 7) is 1.94. The van der Waals surface area contributed by atoms with Crippen molar-refractivity contribution in [1.29, 1.82) is 0 Å². The first-order valence-corrected chi connectivity index (χ1v) is 3.68. The van der Waals surface area contributed by atoms with E-state index in [1.807, 2.05) is 19.1 Å². The van der Waals surface area contributed by atoms with Crippen LogP contribution in [0.15, 0.2) is 35.3 Å². The van der Waals surface area contributed by atoms with Gasteiger partial charge >= 0.3 is 0 Å². The molecule has 12 heavy (non-hydrogen) atoms. The van der Waals surface area contributed by atoms with Gasteiger partial charge in [0.1, 0.15) is 6.26 Å². The summed E-state index contributed by atoms with van der Waals surface area (Å²) >= 11 is 0. The van der Waals surface area contributed by atoms with Crippen LogP contribution in [-0.4, -0.2) is 9.97 Å². The van der Waals surface area contributed by atoms with E-state index in [0.29, 0.717) is 5.82 Å². The lowest BCUT2D eigenvalue weighted by atomic mass is 10.3. The molecule has 0 aliphatic carbocycles. The van der Waals surface area contributed by atoms with Crippen molar-refractivity contribution < 1.29 is 4.42 Å². The molecule has 2 aromatic rings. The summed E-state index contributed by atoms with van der Waals surface area (Å²) in [4.78, 5) is 8.36. The van der Waals surface area contributed by atoms with E-state index in [-0.39, 0.29) is 0 Å². The third-order valence-corrected chi connectivity index (χ3v) is 1.57. The molecule has 0 unspecified atom stereocenters. The first-order valence-electron chi connectivity index (χ1n) is 3.68. The number of aryl methyl sites for hydroxylation is 1. The minimum absolute atomic E-state index is 0.712. The number of aromatic nitrogens is 2. The van der Waals surface area contributed by atoms with Gasteiger partial charge in [-0.15, -0.1) is 0 Å². The normalized spacial score (nSPS) is 10.1. The zero-order valence-corrected chi connectivity index (χ0v) is 6.69. The third-order valence-electron chi connectivity index (χ3n) is 1.57. The molecule has 3 nitrogen and oxygen atoms in total. The van der Waals surface area contributed by atoms with Crippen LogP contribution in [0.1, 0.15) is 5.69 Å². The topological polar surface area (TPSA) is 38.9 Å². The predicted molar refractivity (Wildman–Crippen MR) is 44.5 cm³/mol. The monoisotopic (exact) mass is 160 g/mol. The molecule has 0 spiro atoms. The van der Waals surface area contributed by atoms with Crippen molar-refractivity contribution in [2.75, 3.05) is 0 Å². The van der Waals surface area contributed by atoms with Crippen LogP contribution < -0.4 is 0 Å². The van der Waals surface area contributed by atoms with Crippen LogP contribution in [0.3, 0.4) is 0 Å². The Labute approximate surface area is 70.1 Å². The first-order chi connectivity index (χ1) is 5.86. The van der Waals surface area contributed by atoms with Crippen LogP contribution in [0.2, 0.25) is 0 Å². The Morgan fingerprint density at radius 2 is 2.25 bits per heavy atom. The van der Waals surface area contributed by atoms with E-state index in [1.54, 1.807) is 18.7 Å². The molecule has 0 aliphatic heterocycles. The van der Waals surface area contributed by atoms with E-state index in [0.717, 1.165) is 11.3 Å². The summed E-state index contributed by atoms with van der Waals surface area (Å²) in [5.41, 5.74) is 1.87. The molecule has 2 aromatic heterocycles. The Bertz CT molecular complexity index is 368. The number of rotatable bonds is 1. The van der Waals surface area contributed by atoms with Gasteiger partial charge in [-0.25, -0.2) is 9.97 Å². The summed E-state index contributed by atoms with van der Waals surface area (Å²) in [6.07, 6.45) is 4.99. The molecule has 60 valence electrons. The van der Waals surface area contributed by atoms with Gasteiger partial charge in [-0.2, -0.15) is 0 Å². The zero-order chi connectivity index (χ0) is 8.39. The quantitative estimate of drug-likeness (QED) is 0.640. The molecule has 0 atom stereocenters. The van der Waals surface area contributed by atoms with Gasteiger partial charge in [-0.1, -0.05) is 0 Å². The largest absolute Gasteiger partial charge is 0.472 e. The number of hydrogen-bond donors (Lipinski definition) is 0. The Morgan fingerprint density at radius 1 is 1.33 bits per heavy atom. The van der Waals surface area contributed by atoms with Crippen LogP contribution in [0.5, 0.6) is 0 Å². The van der Waals surface area contributed by atoms with Gasteiger partial charge in [0.2, 0.25) is 0 Å². The highest BCUT2D eigenvalue weighted by Gasteiger charge is 2.00. The highest BCUT2D eigenvalue weighted by molar-refractivity contribution is 5.52. The maximum absolute atomic E-state index is 4.93. The summed E-state index contributed by atoms with van der Waals surface area (Å²) in [6, 6.07) is 3.71. The Balaban J connectivity index is 2.48. The van der Waals surface area contributed by atoms with E-state index in [4.69, 9.17) is 4.42 Å². The smallest absolute Gasteiger partial charge is 0.162 e. The highest BCUT2D eigenvalue weighted by Crippen LogP contribution is 2.13. The van der Waals surface area contributed by atoms with Gasteiger partial charge in [-0.3, -0.25) is 0 Å². The van der Waals surface area contributed by atoms with E-state index in [1.165, 1.54) is 0 Å². The number of furan rings is 1. The van der Waals surface area contributed by atoms with Crippen molar-refractivity contribution in [1.82, 2.24) is 9.97 Å². The fourth-order valence-corrected chi connectivity index (χ4v) is 0.980. The second kappa shape index (κ2) is 2.77. The molecule has 0 saturated carbocycles. The van der Waals surface area contributed by atoms with Gasteiger partial charge in [-0.05, 0) is 19.1 Å². The molecule has 2 rings (SSSR count). The number of hydrogen-bond acceptors (Lipinski definition) is 3. The van der Waals surface area contributed by atoms with Crippen molar-refractivity contribution in [2.24, 2.45) is 0 Å². The minimum atomic E-state index is 0.712. The van der Waals surface area contributed by atoms with Crippen LogP contribution >= 0.6 is 0 Å². The average Bonchev–Trinajstić information content (AvgIpc) is 2.56. The van der Waals surface area contributed by atoms with E-state index >= 15 is 0 Å². The lowest BCUT2D eigenvalue weighted by Crippen LogP contribution is -1.88. The molecule has 2 heterocycles. The lowest BCUT2D eigenvalue weighted by molar-refractivity contribution is 0.568. The molecular weight excluding hydrogens is 152 g/mol. The molecule has 0 fully saturated rings. The molecule has 0 aromatic carbocycles. The van der Waals surface area contributed by atoms with Crippen molar-refractivity contribution in [2.45, 2.75) is 6.92 Å². The maximum Gasteiger partial charge on any atom is 0.162 e. The van der Waals surface area contributed by atoms with Crippen molar-refractivity contribution in [3.8, 4) is 11.4 Å². The van der Waals surface area contributed by atoms with Gasteiger partial charge in [0.15, 0.2) is 5.82 Å². The number of nitrogens with zero attached hydrogens (tertiary/aromatic N) is 2. The van der Waals surface area contributed by atoms with E-state index in [2.05, 4.69) is 9.97 Å². The summed E-state index contributed by atoms with van der Waals surface area (Å²) in [5, 5.41) is 0. The van der Waals surface area contributed by atoms with Crippen LogP contribution in [0.25, 0.3) is 11.4 Å². The standard InChI is InChI=1S/C9H8N2O/c1-7-2-4-10-9(11-7)8-3-5-12-6-8/h2-6H,1H3. The second-order valence-corrected chi connectivity index (χ2v) is 2.53. The fraction of sp³-hybridized carbons (Fsp3) is 0.111. The van der Waals surface area contributed by atoms with Crippen molar-refractivity contribution in [3.05, 3.63) is 36.5 Å². The first kappa shape index (κ1) is 7.03. The Hall–Kier alpha value is -1.64. The van der Waals surface area contributed by atoms with Crippen LogP contribution in [0, 0.1) is 6.92 Å². The summed E-state index contributed by atoms with van der Waals surface area (Å²) < 4.78 is 4.93. The van der Waals surface area contributed by atoms with E-state index in [9.17, 15) is 0 Å². The minimum Gasteiger partial charge on any atom is -0.472 e. The predicted octanol–water partition coefficient (Wildman–Crippen LogP) is 2.05. The molecule has 0 amide bonds. The van der Waals surface area contributed by atoms with Gasteiger partial charge in [0.05, 0.1) is 11.8 Å². The summed E-state index contributed by atoms with van der Waals surface area (Å²) in [5.74, 6) is 0.712. The second-order valence-electron chi connectivity index (χ2n) is 2.53.